The molecule has 16 heavy (non-hydrogen) atoms. The third-order valence-electron chi connectivity index (χ3n) is 2.70. The first-order valence-corrected chi connectivity index (χ1v) is 6.45. The van der Waals surface area contributed by atoms with Crippen LogP contribution in [0.2, 0.25) is 0 Å². The van der Waals surface area contributed by atoms with Crippen LogP contribution in [0.3, 0.4) is 0 Å². The molecular formula is C13H18BrN2. The molecule has 1 aromatic carbocycles. The Hall–Kier alpha value is -0.700. The summed E-state index contributed by atoms with van der Waals surface area (Å²) in [7, 11) is 0. The predicted molar refractivity (Wildman–Crippen MR) is 74.0 cm³/mol. The average molecular weight is 282 g/mol. The summed E-state index contributed by atoms with van der Waals surface area (Å²) in [5.41, 5.74) is 2.54. The van der Waals surface area contributed by atoms with Crippen molar-refractivity contribution in [3.05, 3.63) is 28.6 Å². The Labute approximate surface area is 106 Å². The molecule has 1 N–H and O–H groups in total. The van der Waals surface area contributed by atoms with Gasteiger partial charge in [0.15, 0.2) is 0 Å². The van der Waals surface area contributed by atoms with Gasteiger partial charge in [0.2, 0.25) is 0 Å². The summed E-state index contributed by atoms with van der Waals surface area (Å²) in [6.45, 7) is 8.70. The first kappa shape index (κ1) is 11.8. The summed E-state index contributed by atoms with van der Waals surface area (Å²) >= 11 is 3.54. The molecule has 1 aromatic rings. The molecular weight excluding hydrogens is 264 g/mol. The number of nitrogens with zero attached hydrogens (tertiary/aromatic N) is 1. The number of halogens is 1. The maximum absolute atomic E-state index is 3.54. The highest BCUT2D eigenvalue weighted by Gasteiger charge is 2.21. The Morgan fingerprint density at radius 2 is 2.25 bits per heavy atom. The number of anilines is 2. The summed E-state index contributed by atoms with van der Waals surface area (Å²) in [5, 5.41) is 3.52. The zero-order chi connectivity index (χ0) is 11.7. The summed E-state index contributed by atoms with van der Waals surface area (Å²) in [6.07, 6.45) is 0. The highest BCUT2D eigenvalue weighted by atomic mass is 79.9. The van der Waals surface area contributed by atoms with Crippen molar-refractivity contribution in [1.29, 1.82) is 0 Å². The van der Waals surface area contributed by atoms with E-state index in [0.29, 0.717) is 6.04 Å². The number of hydrogen-bond donors (Lipinski definition) is 1. The van der Waals surface area contributed by atoms with Crippen LogP contribution in [0.15, 0.2) is 22.7 Å². The first-order chi connectivity index (χ1) is 7.56. The predicted octanol–water partition coefficient (Wildman–Crippen LogP) is 3.68. The minimum atomic E-state index is 0.507. The molecule has 87 valence electrons. The zero-order valence-corrected chi connectivity index (χ0v) is 11.6. The minimum Gasteiger partial charge on any atom is -0.379 e. The molecule has 1 radical (unpaired) electrons. The Bertz CT molecular complexity index is 376. The van der Waals surface area contributed by atoms with E-state index in [1.807, 2.05) is 0 Å². The standard InChI is InChI=1S/C13H18BrN2/c1-9(2)7-16-8-10(3)15-12-5-4-11(14)6-13(12)16/h4-6,10,15H,7-8H2,1-3H3/t10-/m0/s1. The van der Waals surface area contributed by atoms with Crippen molar-refractivity contribution in [1.82, 2.24) is 0 Å². The number of nitrogens with one attached hydrogen (secondary N) is 1. The fraction of sp³-hybridized carbons (Fsp3) is 0.462. The third-order valence-corrected chi connectivity index (χ3v) is 3.20. The van der Waals surface area contributed by atoms with Gasteiger partial charge < -0.3 is 10.2 Å². The molecule has 1 aliphatic heterocycles. The normalized spacial score (nSPS) is 19.6. The molecule has 0 bridgehead atoms. The molecule has 1 atom stereocenters. The Morgan fingerprint density at radius 1 is 1.50 bits per heavy atom. The molecule has 0 amide bonds. The third kappa shape index (κ3) is 2.51. The lowest BCUT2D eigenvalue weighted by Gasteiger charge is -2.37. The van der Waals surface area contributed by atoms with E-state index < -0.39 is 0 Å². The lowest BCUT2D eigenvalue weighted by Crippen LogP contribution is -2.41. The van der Waals surface area contributed by atoms with Gasteiger partial charge >= 0.3 is 0 Å². The average Bonchev–Trinajstić information content (AvgIpc) is 2.18. The van der Waals surface area contributed by atoms with Gasteiger partial charge in [-0.25, -0.2) is 0 Å². The molecule has 3 heteroatoms. The van der Waals surface area contributed by atoms with Crippen LogP contribution in [-0.4, -0.2) is 19.1 Å². The van der Waals surface area contributed by atoms with Crippen LogP contribution in [0.5, 0.6) is 0 Å². The van der Waals surface area contributed by atoms with E-state index >= 15 is 0 Å². The van der Waals surface area contributed by atoms with Crippen molar-refractivity contribution in [2.75, 3.05) is 23.3 Å². The second-order valence-corrected chi connectivity index (χ2v) is 5.71. The van der Waals surface area contributed by atoms with Gasteiger partial charge in [-0.2, -0.15) is 0 Å². The van der Waals surface area contributed by atoms with E-state index in [1.165, 1.54) is 17.3 Å². The lowest BCUT2D eigenvalue weighted by atomic mass is 10.1. The van der Waals surface area contributed by atoms with Crippen molar-refractivity contribution in [2.45, 2.75) is 26.8 Å². The second-order valence-electron chi connectivity index (χ2n) is 4.79. The van der Waals surface area contributed by atoms with Crippen molar-refractivity contribution < 1.29 is 0 Å². The molecule has 2 nitrogen and oxygen atoms in total. The number of benzene rings is 1. The molecule has 0 fully saturated rings. The lowest BCUT2D eigenvalue weighted by molar-refractivity contribution is 0.690. The molecule has 0 unspecified atom stereocenters. The van der Waals surface area contributed by atoms with E-state index in [0.717, 1.165) is 17.6 Å². The van der Waals surface area contributed by atoms with Crippen LogP contribution in [0, 0.1) is 5.92 Å². The second kappa shape index (κ2) is 4.66. The summed E-state index contributed by atoms with van der Waals surface area (Å²) in [5.74, 6) is 1.44. The molecule has 0 aliphatic carbocycles. The highest BCUT2D eigenvalue weighted by Crippen LogP contribution is 2.33. The van der Waals surface area contributed by atoms with Crippen molar-refractivity contribution in [2.24, 2.45) is 0 Å². The first-order valence-electron chi connectivity index (χ1n) is 5.66. The molecule has 0 aromatic heterocycles. The van der Waals surface area contributed by atoms with Crippen LogP contribution in [0.25, 0.3) is 0 Å². The van der Waals surface area contributed by atoms with E-state index in [1.54, 1.807) is 0 Å². The summed E-state index contributed by atoms with van der Waals surface area (Å²) in [6, 6.07) is 6.93. The van der Waals surface area contributed by atoms with Gasteiger partial charge in [-0.1, -0.05) is 29.8 Å². The molecule has 0 saturated carbocycles. The van der Waals surface area contributed by atoms with Crippen LogP contribution in [0.1, 0.15) is 20.8 Å². The van der Waals surface area contributed by atoms with Crippen LogP contribution >= 0.6 is 15.9 Å². The largest absolute Gasteiger partial charge is 0.379 e. The van der Waals surface area contributed by atoms with E-state index in [2.05, 4.69) is 65.1 Å². The maximum Gasteiger partial charge on any atom is 0.0614 e. The van der Waals surface area contributed by atoms with Gasteiger partial charge in [-0.3, -0.25) is 0 Å². The quantitative estimate of drug-likeness (QED) is 0.890. The Morgan fingerprint density at radius 3 is 2.94 bits per heavy atom. The molecule has 2 rings (SSSR count). The van der Waals surface area contributed by atoms with Gasteiger partial charge in [0, 0.05) is 23.6 Å². The van der Waals surface area contributed by atoms with Gasteiger partial charge in [0.05, 0.1) is 11.4 Å². The van der Waals surface area contributed by atoms with Crippen molar-refractivity contribution in [3.8, 4) is 0 Å². The monoisotopic (exact) mass is 281 g/mol. The zero-order valence-electron chi connectivity index (χ0n) is 10.0. The van der Waals surface area contributed by atoms with Crippen molar-refractivity contribution >= 4 is 27.3 Å². The maximum atomic E-state index is 3.54. The van der Waals surface area contributed by atoms with Crippen molar-refractivity contribution in [3.63, 3.8) is 0 Å². The fourth-order valence-electron chi connectivity index (χ4n) is 2.16. The number of hydrogen-bond acceptors (Lipinski definition) is 2. The van der Waals surface area contributed by atoms with E-state index in [-0.39, 0.29) is 0 Å². The summed E-state index contributed by atoms with van der Waals surface area (Å²) in [4.78, 5) is 2.44. The smallest absolute Gasteiger partial charge is 0.0614 e. The topological polar surface area (TPSA) is 15.3 Å². The summed E-state index contributed by atoms with van der Waals surface area (Å²) < 4.78 is 1.14. The number of fused-ring (bicyclic) bond motifs is 1. The Balaban J connectivity index is 2.31. The highest BCUT2D eigenvalue weighted by molar-refractivity contribution is 9.10. The van der Waals surface area contributed by atoms with Gasteiger partial charge in [-0.15, -0.1) is 0 Å². The molecule has 1 heterocycles. The fourth-order valence-corrected chi connectivity index (χ4v) is 2.51. The molecule has 0 saturated heterocycles. The van der Waals surface area contributed by atoms with E-state index in [9.17, 15) is 0 Å². The van der Waals surface area contributed by atoms with Crippen LogP contribution in [0.4, 0.5) is 11.4 Å². The van der Waals surface area contributed by atoms with Crippen LogP contribution in [-0.2, 0) is 0 Å². The molecule has 1 aliphatic rings. The van der Waals surface area contributed by atoms with Gasteiger partial charge in [-0.05, 0) is 31.0 Å². The van der Waals surface area contributed by atoms with E-state index in [4.69, 9.17) is 0 Å². The Kier molecular flexibility index (Phi) is 3.43. The minimum absolute atomic E-state index is 0.507. The molecule has 0 spiro atoms. The number of rotatable bonds is 2. The van der Waals surface area contributed by atoms with Crippen LogP contribution < -0.4 is 10.2 Å². The SMILES string of the molecule is C[C](C)CN1C[C@H](C)Nc2ccc(Br)cc21. The van der Waals surface area contributed by atoms with Gasteiger partial charge in [0.1, 0.15) is 0 Å². The van der Waals surface area contributed by atoms with Gasteiger partial charge in [0.25, 0.3) is 0 Å².